The van der Waals surface area contributed by atoms with Crippen LogP contribution in [-0.2, 0) is 11.2 Å². The van der Waals surface area contributed by atoms with Gasteiger partial charge in [0.25, 0.3) is 0 Å². The lowest BCUT2D eigenvalue weighted by atomic mass is 9.90. The average molecular weight is 261 g/mol. The molecule has 2 rings (SSSR count). The first-order valence-electron chi connectivity index (χ1n) is 7.02. The molecule has 0 amide bonds. The van der Waals surface area contributed by atoms with Gasteiger partial charge in [-0.15, -0.1) is 0 Å². The van der Waals surface area contributed by atoms with Crippen LogP contribution in [0.2, 0.25) is 0 Å². The molecule has 1 fully saturated rings. The SMILES string of the molecule is CCOC1CC(N=C(N)Nc2cccc(CC)c2)C1. The van der Waals surface area contributed by atoms with Gasteiger partial charge in [0.15, 0.2) is 5.96 Å². The molecule has 0 spiro atoms. The molecule has 1 aliphatic rings. The molecule has 1 aromatic carbocycles. The monoisotopic (exact) mass is 261 g/mol. The number of hydrogen-bond acceptors (Lipinski definition) is 2. The zero-order chi connectivity index (χ0) is 13.7. The van der Waals surface area contributed by atoms with Gasteiger partial charge in [-0.1, -0.05) is 19.1 Å². The molecular weight excluding hydrogens is 238 g/mol. The number of aliphatic imine (C=N–C) groups is 1. The van der Waals surface area contributed by atoms with Crippen LogP contribution in [0.3, 0.4) is 0 Å². The van der Waals surface area contributed by atoms with Crippen LogP contribution in [0.25, 0.3) is 0 Å². The van der Waals surface area contributed by atoms with Crippen molar-refractivity contribution in [3.05, 3.63) is 29.8 Å². The molecule has 0 radical (unpaired) electrons. The van der Waals surface area contributed by atoms with Gasteiger partial charge in [-0.2, -0.15) is 0 Å². The van der Waals surface area contributed by atoms with Crippen molar-refractivity contribution in [2.24, 2.45) is 10.7 Å². The van der Waals surface area contributed by atoms with Crippen molar-refractivity contribution in [1.29, 1.82) is 0 Å². The van der Waals surface area contributed by atoms with Gasteiger partial charge in [-0.3, -0.25) is 0 Å². The Balaban J connectivity index is 1.85. The largest absolute Gasteiger partial charge is 0.378 e. The van der Waals surface area contributed by atoms with Gasteiger partial charge in [-0.25, -0.2) is 4.99 Å². The first kappa shape index (κ1) is 13.9. The van der Waals surface area contributed by atoms with E-state index in [1.807, 2.05) is 19.1 Å². The van der Waals surface area contributed by atoms with Crippen LogP contribution in [0.15, 0.2) is 29.3 Å². The number of guanidine groups is 1. The molecule has 104 valence electrons. The molecule has 3 N–H and O–H groups in total. The number of aryl methyl sites for hydroxylation is 1. The first-order valence-corrected chi connectivity index (χ1v) is 7.02. The van der Waals surface area contributed by atoms with E-state index in [1.54, 1.807) is 0 Å². The number of anilines is 1. The van der Waals surface area contributed by atoms with E-state index >= 15 is 0 Å². The highest BCUT2D eigenvalue weighted by Gasteiger charge is 2.29. The van der Waals surface area contributed by atoms with Gasteiger partial charge in [0.1, 0.15) is 0 Å². The third kappa shape index (κ3) is 3.96. The fourth-order valence-electron chi connectivity index (χ4n) is 2.26. The fourth-order valence-corrected chi connectivity index (χ4v) is 2.26. The Morgan fingerprint density at radius 1 is 1.42 bits per heavy atom. The van der Waals surface area contributed by atoms with Crippen LogP contribution in [0.4, 0.5) is 5.69 Å². The van der Waals surface area contributed by atoms with E-state index in [9.17, 15) is 0 Å². The molecule has 19 heavy (non-hydrogen) atoms. The lowest BCUT2D eigenvalue weighted by molar-refractivity contribution is -0.000702. The first-order chi connectivity index (χ1) is 9.21. The summed E-state index contributed by atoms with van der Waals surface area (Å²) in [5.74, 6) is 0.494. The predicted octanol–water partition coefficient (Wildman–Crippen LogP) is 2.54. The molecule has 0 aromatic heterocycles. The van der Waals surface area contributed by atoms with Gasteiger partial charge >= 0.3 is 0 Å². The second-order valence-electron chi connectivity index (χ2n) is 4.90. The minimum atomic E-state index is 0.304. The fraction of sp³-hybridized carbons (Fsp3) is 0.533. The Hall–Kier alpha value is -1.55. The Kier molecular flexibility index (Phi) is 4.80. The third-order valence-electron chi connectivity index (χ3n) is 3.40. The van der Waals surface area contributed by atoms with E-state index < -0.39 is 0 Å². The Morgan fingerprint density at radius 2 is 2.21 bits per heavy atom. The molecular formula is C15H23N3O. The summed E-state index contributed by atoms with van der Waals surface area (Å²) in [6, 6.07) is 8.55. The van der Waals surface area contributed by atoms with Crippen LogP contribution in [0.1, 0.15) is 32.3 Å². The molecule has 0 aliphatic heterocycles. The van der Waals surface area contributed by atoms with Crippen molar-refractivity contribution >= 4 is 11.6 Å². The highest BCUT2D eigenvalue weighted by molar-refractivity contribution is 5.92. The minimum absolute atomic E-state index is 0.304. The van der Waals surface area contributed by atoms with Crippen molar-refractivity contribution in [2.75, 3.05) is 11.9 Å². The van der Waals surface area contributed by atoms with E-state index in [0.29, 0.717) is 18.1 Å². The normalized spacial score (nSPS) is 22.9. The van der Waals surface area contributed by atoms with Crippen LogP contribution >= 0.6 is 0 Å². The van der Waals surface area contributed by atoms with Crippen LogP contribution in [-0.4, -0.2) is 24.7 Å². The molecule has 1 aromatic rings. The molecule has 1 saturated carbocycles. The van der Waals surface area contributed by atoms with Gasteiger partial charge in [0, 0.05) is 12.3 Å². The zero-order valence-corrected chi connectivity index (χ0v) is 11.7. The van der Waals surface area contributed by atoms with E-state index in [4.69, 9.17) is 10.5 Å². The highest BCUT2D eigenvalue weighted by Crippen LogP contribution is 2.26. The van der Waals surface area contributed by atoms with E-state index in [-0.39, 0.29) is 0 Å². The molecule has 0 atom stereocenters. The molecule has 0 bridgehead atoms. The summed E-state index contributed by atoms with van der Waals surface area (Å²) in [7, 11) is 0. The summed E-state index contributed by atoms with van der Waals surface area (Å²) in [4.78, 5) is 4.47. The smallest absolute Gasteiger partial charge is 0.193 e. The lowest BCUT2D eigenvalue weighted by Crippen LogP contribution is -2.37. The summed E-state index contributed by atoms with van der Waals surface area (Å²) in [5, 5.41) is 3.15. The lowest BCUT2D eigenvalue weighted by Gasteiger charge is -2.32. The number of ether oxygens (including phenoxy) is 1. The number of rotatable bonds is 5. The summed E-state index contributed by atoms with van der Waals surface area (Å²) < 4.78 is 5.51. The maximum atomic E-state index is 5.93. The number of nitrogens with one attached hydrogen (secondary N) is 1. The second-order valence-corrected chi connectivity index (χ2v) is 4.90. The van der Waals surface area contributed by atoms with Crippen LogP contribution in [0.5, 0.6) is 0 Å². The molecule has 0 saturated heterocycles. The van der Waals surface area contributed by atoms with Gasteiger partial charge in [0.05, 0.1) is 12.1 Å². The molecule has 1 aliphatic carbocycles. The molecule has 4 heteroatoms. The predicted molar refractivity (Wildman–Crippen MR) is 79.5 cm³/mol. The quantitative estimate of drug-likeness (QED) is 0.632. The zero-order valence-electron chi connectivity index (χ0n) is 11.7. The van der Waals surface area contributed by atoms with Gasteiger partial charge in [0.2, 0.25) is 0 Å². The minimum Gasteiger partial charge on any atom is -0.378 e. The second kappa shape index (κ2) is 6.57. The third-order valence-corrected chi connectivity index (χ3v) is 3.40. The number of nitrogens with two attached hydrogens (primary N) is 1. The standard InChI is InChI=1S/C15H23N3O/c1-3-11-6-5-7-12(8-11)17-15(16)18-13-9-14(10-13)19-4-2/h5-8,13-14H,3-4,9-10H2,1-2H3,(H3,16,17,18). The van der Waals surface area contributed by atoms with Gasteiger partial charge in [-0.05, 0) is 43.9 Å². The summed E-state index contributed by atoms with van der Waals surface area (Å²) in [6.45, 7) is 4.94. The molecule has 0 heterocycles. The number of hydrogen-bond donors (Lipinski definition) is 2. The van der Waals surface area contributed by atoms with Crippen molar-refractivity contribution in [3.63, 3.8) is 0 Å². The Morgan fingerprint density at radius 3 is 2.89 bits per heavy atom. The summed E-state index contributed by atoms with van der Waals surface area (Å²) >= 11 is 0. The summed E-state index contributed by atoms with van der Waals surface area (Å²) in [5.41, 5.74) is 8.22. The highest BCUT2D eigenvalue weighted by atomic mass is 16.5. The van der Waals surface area contributed by atoms with Crippen molar-refractivity contribution in [2.45, 2.75) is 45.3 Å². The van der Waals surface area contributed by atoms with Crippen molar-refractivity contribution in [3.8, 4) is 0 Å². The Labute approximate surface area is 115 Å². The summed E-state index contributed by atoms with van der Waals surface area (Å²) in [6.07, 6.45) is 3.34. The number of nitrogens with zero attached hydrogens (tertiary/aromatic N) is 1. The molecule has 4 nitrogen and oxygen atoms in total. The van der Waals surface area contributed by atoms with E-state index in [0.717, 1.165) is 31.6 Å². The van der Waals surface area contributed by atoms with E-state index in [1.165, 1.54) is 5.56 Å². The van der Waals surface area contributed by atoms with Crippen LogP contribution < -0.4 is 11.1 Å². The van der Waals surface area contributed by atoms with Crippen molar-refractivity contribution < 1.29 is 4.74 Å². The van der Waals surface area contributed by atoms with Gasteiger partial charge < -0.3 is 15.8 Å². The maximum absolute atomic E-state index is 5.93. The molecule has 0 unspecified atom stereocenters. The number of benzene rings is 1. The van der Waals surface area contributed by atoms with Crippen molar-refractivity contribution in [1.82, 2.24) is 0 Å². The average Bonchev–Trinajstić information content (AvgIpc) is 2.36. The van der Waals surface area contributed by atoms with Crippen LogP contribution in [0, 0.1) is 0 Å². The Bertz CT molecular complexity index is 439. The van der Waals surface area contributed by atoms with E-state index in [2.05, 4.69) is 29.4 Å². The maximum Gasteiger partial charge on any atom is 0.193 e. The topological polar surface area (TPSA) is 59.6 Å².